The van der Waals surface area contributed by atoms with E-state index in [0.717, 1.165) is 0 Å². The summed E-state index contributed by atoms with van der Waals surface area (Å²) in [5.41, 5.74) is 2.66. The van der Waals surface area contributed by atoms with E-state index < -0.39 is 47.0 Å². The molecule has 3 aromatic heterocycles. The number of hydrogen-bond donors (Lipinski definition) is 2. The molecule has 0 spiro atoms. The van der Waals surface area contributed by atoms with Crippen molar-refractivity contribution in [3.8, 4) is 17.2 Å². The van der Waals surface area contributed by atoms with Crippen LogP contribution < -0.4 is 14.8 Å². The normalized spacial score (nSPS) is 12.9. The van der Waals surface area contributed by atoms with Gasteiger partial charge in [-0.25, -0.2) is 13.2 Å². The zero-order chi connectivity index (χ0) is 53.5. The van der Waals surface area contributed by atoms with Crippen LogP contribution in [0.1, 0.15) is 64.5 Å². The summed E-state index contributed by atoms with van der Waals surface area (Å²) in [5, 5.41) is 28.2. The first kappa shape index (κ1) is 63.9. The fourth-order valence-electron chi connectivity index (χ4n) is 8.56. The molecule has 9 aromatic rings. The van der Waals surface area contributed by atoms with Crippen LogP contribution in [0.2, 0.25) is 0 Å². The van der Waals surface area contributed by atoms with E-state index in [2.05, 4.69) is 20.8 Å². The van der Waals surface area contributed by atoms with Crippen molar-refractivity contribution in [1.29, 1.82) is 0 Å². The minimum atomic E-state index is -0.710. The molecule has 0 saturated carbocycles. The number of halogens is 3. The smallest absolute Gasteiger partial charge is 0.312 e. The van der Waals surface area contributed by atoms with Gasteiger partial charge in [0.1, 0.15) is 30.3 Å². The van der Waals surface area contributed by atoms with E-state index in [-0.39, 0.29) is 98.6 Å². The molecule has 22 heteroatoms. The summed E-state index contributed by atoms with van der Waals surface area (Å²) >= 11 is 0. The number of nitrogens with one attached hydrogen (secondary N) is 1. The number of aromatic hydroxyl groups is 1. The van der Waals surface area contributed by atoms with Gasteiger partial charge in [0.15, 0.2) is 51.4 Å². The maximum atomic E-state index is 15.0. The summed E-state index contributed by atoms with van der Waals surface area (Å²) in [5.74, 6) is -3.81. The molecule has 422 valence electrons. The number of nitrogens with zero attached hydrogens (tertiary/aromatic N) is 5. The SMILES string of the molecule is C.C.CCOC(=O)Cc1noc2ccc3c(F)c(O)ccc3c12.CCOC(=O)Cc1noc2ccc3c(F)c(OCCN(C)C)ccc3c12.CN(C)CCOc1ccc2c(ccc3onc(C4CCC(=O)NC4=O)c32)c1F.[CH3-].[W]. The minimum absolute atomic E-state index is 0. The number of phenolic OH excluding ortho intramolecular Hbond substituents is 1. The molecule has 0 aliphatic carbocycles. The maximum Gasteiger partial charge on any atom is 0.312 e. The molecule has 1 saturated heterocycles. The molecule has 1 aliphatic rings. The van der Waals surface area contributed by atoms with Gasteiger partial charge < -0.3 is 54.8 Å². The number of aromatic nitrogens is 3. The molecule has 1 aliphatic heterocycles. The first-order chi connectivity index (χ1) is 36.1. The van der Waals surface area contributed by atoms with Gasteiger partial charge in [-0.05, 0) is 137 Å². The predicted octanol–water partition coefficient (Wildman–Crippen LogP) is 10.4. The zero-order valence-electron chi connectivity index (χ0n) is 43.3. The number of fused-ring (bicyclic) bond motifs is 9. The largest absolute Gasteiger partial charge is 0.505 e. The molecule has 0 bridgehead atoms. The molecule has 0 radical (unpaired) electrons. The van der Waals surface area contributed by atoms with E-state index >= 15 is 4.39 Å². The van der Waals surface area contributed by atoms with Gasteiger partial charge in [-0.3, -0.25) is 24.5 Å². The first-order valence-corrected chi connectivity index (χ1v) is 24.0. The van der Waals surface area contributed by atoms with Crippen LogP contribution in [0, 0.1) is 24.9 Å². The number of carbonyl (C=O) groups excluding carboxylic acids is 4. The van der Waals surface area contributed by atoms with Crippen LogP contribution in [0.3, 0.4) is 0 Å². The zero-order valence-corrected chi connectivity index (χ0v) is 46.2. The number of amides is 2. The molecular weight excluding hydrogens is 1200 g/mol. The van der Waals surface area contributed by atoms with Crippen molar-refractivity contribution in [2.24, 2.45) is 0 Å². The monoisotopic (exact) mass is 1270 g/mol. The summed E-state index contributed by atoms with van der Waals surface area (Å²) in [6.45, 7) is 6.13. The summed E-state index contributed by atoms with van der Waals surface area (Å²) in [6.07, 6.45) is 0.496. The molecule has 6 aromatic carbocycles. The Morgan fingerprint density at radius 2 is 1.03 bits per heavy atom. The third kappa shape index (κ3) is 14.2. The Morgan fingerprint density at radius 3 is 1.47 bits per heavy atom. The van der Waals surface area contributed by atoms with Gasteiger partial charge in [0.05, 0.1) is 48.1 Å². The second kappa shape index (κ2) is 28.3. The van der Waals surface area contributed by atoms with E-state index in [1.54, 1.807) is 74.5 Å². The summed E-state index contributed by atoms with van der Waals surface area (Å²) in [4.78, 5) is 51.0. The molecule has 4 heterocycles. The molecule has 2 amide bonds. The van der Waals surface area contributed by atoms with Crippen LogP contribution in [0.25, 0.3) is 65.2 Å². The minimum Gasteiger partial charge on any atom is -0.505 e. The fraction of sp³-hybridized carbons (Fsp3) is 0.333. The van der Waals surface area contributed by atoms with Gasteiger partial charge >= 0.3 is 11.9 Å². The van der Waals surface area contributed by atoms with Crippen LogP contribution in [0.5, 0.6) is 17.2 Å². The molecule has 1 unspecified atom stereocenters. The second-order valence-electron chi connectivity index (χ2n) is 17.9. The van der Waals surface area contributed by atoms with E-state index in [1.165, 1.54) is 12.1 Å². The Balaban J connectivity index is 0.000000251. The van der Waals surface area contributed by atoms with Gasteiger partial charge in [0.2, 0.25) is 11.8 Å². The Hall–Kier alpha value is -7.61. The Bertz CT molecular complexity index is 3600. The molecule has 2 N–H and O–H groups in total. The number of benzene rings is 6. The van der Waals surface area contributed by atoms with E-state index in [0.29, 0.717) is 110 Å². The number of likely N-dealkylation sites (N-methyl/N-ethyl adjacent to an activating group) is 2. The number of rotatable bonds is 15. The second-order valence-corrected chi connectivity index (χ2v) is 17.9. The van der Waals surface area contributed by atoms with Gasteiger partial charge in [-0.15, -0.1) is 0 Å². The van der Waals surface area contributed by atoms with Crippen molar-refractivity contribution in [2.45, 2.75) is 60.3 Å². The van der Waals surface area contributed by atoms with Crippen LogP contribution in [-0.2, 0) is 62.6 Å². The predicted molar refractivity (Wildman–Crippen MR) is 290 cm³/mol. The first-order valence-electron chi connectivity index (χ1n) is 24.0. The van der Waals surface area contributed by atoms with Crippen LogP contribution in [0.15, 0.2) is 86.4 Å². The average Bonchev–Trinajstić information content (AvgIpc) is 4.34. The third-order valence-electron chi connectivity index (χ3n) is 12.2. The molecular formula is C57H64F3N6O12W-. The van der Waals surface area contributed by atoms with E-state index in [1.807, 2.05) is 38.0 Å². The topological polar surface area (TPSA) is 222 Å². The van der Waals surface area contributed by atoms with E-state index in [4.69, 9.17) is 32.5 Å². The van der Waals surface area contributed by atoms with Gasteiger partial charge in [-0.1, -0.05) is 30.3 Å². The standard InChI is InChI=1S/C20H20FN3O4.C19H21FN2O4.C15H12FNO4.2CH4.CH3.W/c1-24(2)9-10-27-15-7-3-11-12(18(15)21)4-6-14-17(11)19(23-28-14)13-5-8-16(25)22-20(13)26;1-4-24-17(23)11-14-18-12-5-8-16(25-10-9-22(2)3)19(20)13(12)6-7-15(18)26-21-14;1-2-20-13(19)7-10-14-8-3-5-11(18)15(16)9(8)4-6-12(14)21-17-10;;;;/h3-4,6-7,13H,5,8-10H2,1-2H3,(H,22,25,26);5-8H,4,9-11H2,1-3H3;3-6,18H,2,7H2,1H3;2*1H4;1H3;/q;;;;;-1;. The molecule has 1 atom stereocenters. The summed E-state index contributed by atoms with van der Waals surface area (Å²) in [7, 11) is 7.68. The average molecular weight is 1270 g/mol. The van der Waals surface area contributed by atoms with Gasteiger partial charge in [-0.2, -0.15) is 0 Å². The number of imide groups is 1. The van der Waals surface area contributed by atoms with Crippen LogP contribution in [-0.4, -0.2) is 122 Å². The maximum absolute atomic E-state index is 15.0. The Labute approximate surface area is 468 Å². The fourth-order valence-corrected chi connectivity index (χ4v) is 8.56. The molecule has 79 heavy (non-hydrogen) atoms. The molecule has 18 nitrogen and oxygen atoms in total. The summed E-state index contributed by atoms with van der Waals surface area (Å²) < 4.78 is 80.6. The molecule has 10 rings (SSSR count). The number of phenols is 1. The number of esters is 2. The number of piperidine rings is 1. The molecule has 1 fully saturated rings. The number of carbonyl (C=O) groups is 4. The van der Waals surface area contributed by atoms with Crippen LogP contribution in [0.4, 0.5) is 13.2 Å². The van der Waals surface area contributed by atoms with Crippen molar-refractivity contribution >= 4 is 89.0 Å². The van der Waals surface area contributed by atoms with Gasteiger partial charge in [0, 0.05) is 56.7 Å². The number of ether oxygens (including phenoxy) is 4. The quantitative estimate of drug-likeness (QED) is 0.0553. The third-order valence-corrected chi connectivity index (χ3v) is 12.2. The van der Waals surface area contributed by atoms with E-state index in [9.17, 15) is 33.1 Å². The van der Waals surface area contributed by atoms with Crippen molar-refractivity contribution in [1.82, 2.24) is 30.6 Å². The Morgan fingerprint density at radius 1 is 0.620 bits per heavy atom. The van der Waals surface area contributed by atoms with Crippen molar-refractivity contribution in [3.05, 3.63) is 115 Å². The van der Waals surface area contributed by atoms with Crippen molar-refractivity contribution < 1.29 is 91.0 Å². The van der Waals surface area contributed by atoms with Crippen LogP contribution >= 0.6 is 0 Å². The van der Waals surface area contributed by atoms with Crippen molar-refractivity contribution in [2.75, 3.05) is 67.7 Å². The summed E-state index contributed by atoms with van der Waals surface area (Å²) in [6, 6.07) is 19.1. The Kier molecular flexibility index (Phi) is 22.9. The van der Waals surface area contributed by atoms with Gasteiger partial charge in [0.25, 0.3) is 0 Å². The van der Waals surface area contributed by atoms with Crippen molar-refractivity contribution in [3.63, 3.8) is 0 Å². The number of hydrogen-bond acceptors (Lipinski definition) is 17.